The van der Waals surface area contributed by atoms with Gasteiger partial charge in [0.25, 0.3) is 0 Å². The molecule has 2 rings (SSSR count). The van der Waals surface area contributed by atoms with Gasteiger partial charge in [0.15, 0.2) is 0 Å². The van der Waals surface area contributed by atoms with Crippen LogP contribution in [0.1, 0.15) is 15.4 Å². The van der Waals surface area contributed by atoms with Crippen LogP contribution in [0.2, 0.25) is 0 Å². The summed E-state index contributed by atoms with van der Waals surface area (Å²) in [5, 5.41) is 3.38. The van der Waals surface area contributed by atoms with Crippen molar-refractivity contribution in [3.05, 3.63) is 52.0 Å². The molecule has 1 N–H and O–H groups in total. The lowest BCUT2D eigenvalue weighted by Crippen LogP contribution is -2.12. The molecule has 2 aromatic rings. The number of rotatable bonds is 4. The highest BCUT2D eigenvalue weighted by molar-refractivity contribution is 7.11. The van der Waals surface area contributed by atoms with Crippen molar-refractivity contribution in [2.45, 2.75) is 20.0 Å². The largest absolute Gasteiger partial charge is 0.306 e. The highest BCUT2D eigenvalue weighted by atomic mass is 32.1. The van der Waals surface area contributed by atoms with Crippen molar-refractivity contribution in [1.82, 2.24) is 10.3 Å². The maximum Gasteiger partial charge on any atom is 0.0541 e. The van der Waals surface area contributed by atoms with Gasteiger partial charge < -0.3 is 5.32 Å². The van der Waals surface area contributed by atoms with E-state index in [1.54, 1.807) is 0 Å². The van der Waals surface area contributed by atoms with E-state index in [1.165, 1.54) is 9.75 Å². The van der Waals surface area contributed by atoms with Crippen LogP contribution in [-0.4, -0.2) is 4.98 Å². The number of aromatic nitrogens is 1. The summed E-state index contributed by atoms with van der Waals surface area (Å²) < 4.78 is 0. The van der Waals surface area contributed by atoms with Gasteiger partial charge in [-0.15, -0.1) is 11.3 Å². The first kappa shape index (κ1) is 10.3. The van der Waals surface area contributed by atoms with Gasteiger partial charge >= 0.3 is 0 Å². The van der Waals surface area contributed by atoms with E-state index in [0.29, 0.717) is 0 Å². The molecule has 0 saturated carbocycles. The molecule has 0 radical (unpaired) electrons. The van der Waals surface area contributed by atoms with E-state index in [2.05, 4.69) is 29.4 Å². The first-order valence-corrected chi connectivity index (χ1v) is 5.82. The molecule has 2 heterocycles. The van der Waals surface area contributed by atoms with Crippen LogP contribution in [0, 0.1) is 6.92 Å². The van der Waals surface area contributed by atoms with Crippen LogP contribution in [0.3, 0.4) is 0 Å². The van der Waals surface area contributed by atoms with E-state index in [0.717, 1.165) is 18.8 Å². The van der Waals surface area contributed by atoms with Gasteiger partial charge in [-0.25, -0.2) is 0 Å². The Labute approximate surface area is 94.0 Å². The van der Waals surface area contributed by atoms with Crippen LogP contribution < -0.4 is 5.32 Å². The van der Waals surface area contributed by atoms with E-state index in [4.69, 9.17) is 0 Å². The molecule has 0 unspecified atom stereocenters. The number of thiophene rings is 1. The van der Waals surface area contributed by atoms with Crippen molar-refractivity contribution >= 4 is 11.3 Å². The molecule has 3 heteroatoms. The molecule has 78 valence electrons. The predicted molar refractivity (Wildman–Crippen MR) is 63.8 cm³/mol. The van der Waals surface area contributed by atoms with E-state index in [1.807, 2.05) is 35.7 Å². The van der Waals surface area contributed by atoms with E-state index in [-0.39, 0.29) is 0 Å². The second-order valence-corrected chi connectivity index (χ2v) is 4.81. The van der Waals surface area contributed by atoms with E-state index >= 15 is 0 Å². The fraction of sp³-hybridized carbons (Fsp3) is 0.250. The number of aryl methyl sites for hydroxylation is 1. The number of hydrogen-bond donors (Lipinski definition) is 1. The molecule has 0 bridgehead atoms. The second-order valence-electron chi connectivity index (χ2n) is 3.44. The minimum absolute atomic E-state index is 0.831. The molecule has 0 fully saturated rings. The topological polar surface area (TPSA) is 24.9 Å². The molecule has 0 aliphatic carbocycles. The highest BCUT2D eigenvalue weighted by Crippen LogP contribution is 2.14. The molecule has 0 saturated heterocycles. The molecular formula is C12H14N2S. The monoisotopic (exact) mass is 218 g/mol. The van der Waals surface area contributed by atoms with Crippen LogP contribution in [0.15, 0.2) is 36.5 Å². The molecule has 0 atom stereocenters. The lowest BCUT2D eigenvalue weighted by atomic mass is 10.3. The Balaban J connectivity index is 1.80. The molecule has 0 aliphatic heterocycles. The predicted octanol–water partition coefficient (Wildman–Crippen LogP) is 2.74. The number of pyridine rings is 1. The van der Waals surface area contributed by atoms with Crippen molar-refractivity contribution in [2.24, 2.45) is 0 Å². The SMILES string of the molecule is Cc1ccc(CNCc2ccccn2)s1. The lowest BCUT2D eigenvalue weighted by molar-refractivity contribution is 0.686. The number of hydrogen-bond acceptors (Lipinski definition) is 3. The zero-order valence-corrected chi connectivity index (χ0v) is 9.55. The third-order valence-electron chi connectivity index (χ3n) is 2.13. The zero-order valence-electron chi connectivity index (χ0n) is 8.73. The molecule has 0 aromatic carbocycles. The fourth-order valence-electron chi connectivity index (χ4n) is 1.40. The van der Waals surface area contributed by atoms with E-state index in [9.17, 15) is 0 Å². The average Bonchev–Trinajstić information content (AvgIpc) is 2.66. The van der Waals surface area contributed by atoms with Gasteiger partial charge in [0, 0.05) is 29.0 Å². The van der Waals surface area contributed by atoms with Crippen LogP contribution in [0.5, 0.6) is 0 Å². The summed E-state index contributed by atoms with van der Waals surface area (Å²) in [5.41, 5.74) is 1.09. The van der Waals surface area contributed by atoms with Crippen molar-refractivity contribution in [3.8, 4) is 0 Å². The third-order valence-corrected chi connectivity index (χ3v) is 3.13. The first-order valence-electron chi connectivity index (χ1n) is 5.00. The van der Waals surface area contributed by atoms with Crippen molar-refractivity contribution in [3.63, 3.8) is 0 Å². The molecule has 2 nitrogen and oxygen atoms in total. The maximum absolute atomic E-state index is 4.26. The molecule has 15 heavy (non-hydrogen) atoms. The smallest absolute Gasteiger partial charge is 0.0541 e. The molecular weight excluding hydrogens is 204 g/mol. The number of nitrogens with zero attached hydrogens (tertiary/aromatic N) is 1. The molecule has 0 aliphatic rings. The van der Waals surface area contributed by atoms with Crippen molar-refractivity contribution in [2.75, 3.05) is 0 Å². The van der Waals surface area contributed by atoms with Gasteiger partial charge in [-0.2, -0.15) is 0 Å². The summed E-state index contributed by atoms with van der Waals surface area (Å²) in [6, 6.07) is 10.3. The lowest BCUT2D eigenvalue weighted by Gasteiger charge is -2.01. The third kappa shape index (κ3) is 3.15. The van der Waals surface area contributed by atoms with E-state index < -0.39 is 0 Å². The minimum Gasteiger partial charge on any atom is -0.306 e. The zero-order chi connectivity index (χ0) is 10.5. The Morgan fingerprint density at radius 3 is 2.80 bits per heavy atom. The molecule has 0 amide bonds. The van der Waals surface area contributed by atoms with Crippen LogP contribution in [0.4, 0.5) is 0 Å². The molecule has 0 spiro atoms. The van der Waals surface area contributed by atoms with Gasteiger partial charge in [-0.05, 0) is 31.2 Å². The Bertz CT molecular complexity index is 409. The summed E-state index contributed by atoms with van der Waals surface area (Å²) in [6.07, 6.45) is 1.83. The summed E-state index contributed by atoms with van der Waals surface area (Å²) in [4.78, 5) is 7.00. The quantitative estimate of drug-likeness (QED) is 0.853. The Hall–Kier alpha value is -1.19. The van der Waals surface area contributed by atoms with Gasteiger partial charge in [0.2, 0.25) is 0 Å². The second kappa shape index (κ2) is 5.05. The first-order chi connectivity index (χ1) is 7.34. The Morgan fingerprint density at radius 2 is 2.13 bits per heavy atom. The van der Waals surface area contributed by atoms with Gasteiger partial charge in [-0.3, -0.25) is 4.98 Å². The van der Waals surface area contributed by atoms with Crippen molar-refractivity contribution < 1.29 is 0 Å². The summed E-state index contributed by atoms with van der Waals surface area (Å²) in [6.45, 7) is 3.89. The standard InChI is InChI=1S/C12H14N2S/c1-10-5-6-12(15-10)9-13-8-11-4-2-3-7-14-11/h2-7,13H,8-9H2,1H3. The molecule has 2 aromatic heterocycles. The fourth-order valence-corrected chi connectivity index (χ4v) is 2.26. The van der Waals surface area contributed by atoms with Gasteiger partial charge in [-0.1, -0.05) is 6.07 Å². The number of nitrogens with one attached hydrogen (secondary N) is 1. The average molecular weight is 218 g/mol. The summed E-state index contributed by atoms with van der Waals surface area (Å²) >= 11 is 1.84. The Kier molecular flexibility index (Phi) is 3.48. The van der Waals surface area contributed by atoms with Gasteiger partial charge in [0.1, 0.15) is 0 Å². The Morgan fingerprint density at radius 1 is 1.20 bits per heavy atom. The van der Waals surface area contributed by atoms with Crippen LogP contribution in [-0.2, 0) is 13.1 Å². The minimum atomic E-state index is 0.831. The van der Waals surface area contributed by atoms with Crippen LogP contribution in [0.25, 0.3) is 0 Å². The normalized spacial score (nSPS) is 10.5. The maximum atomic E-state index is 4.26. The van der Waals surface area contributed by atoms with Crippen molar-refractivity contribution in [1.29, 1.82) is 0 Å². The van der Waals surface area contributed by atoms with Gasteiger partial charge in [0.05, 0.1) is 5.69 Å². The van der Waals surface area contributed by atoms with Crippen LogP contribution >= 0.6 is 11.3 Å². The highest BCUT2D eigenvalue weighted by Gasteiger charge is 1.96. The summed E-state index contributed by atoms with van der Waals surface area (Å²) in [7, 11) is 0. The summed E-state index contributed by atoms with van der Waals surface area (Å²) in [5.74, 6) is 0.